The Kier molecular flexibility index (Phi) is 2.66. The molecule has 2 aliphatic carbocycles. The minimum Gasteiger partial charge on any atom is -0.351 e. The molecule has 1 amide bonds. The van der Waals surface area contributed by atoms with Gasteiger partial charge in [0.25, 0.3) is 0 Å². The molecule has 0 radical (unpaired) electrons. The van der Waals surface area contributed by atoms with Gasteiger partial charge in [0.05, 0.1) is 17.7 Å². The number of carbonyl (C=O) groups excluding carboxylic acids is 1. The van der Waals surface area contributed by atoms with Gasteiger partial charge >= 0.3 is 0 Å². The lowest BCUT2D eigenvalue weighted by Crippen LogP contribution is -2.45. The Labute approximate surface area is 143 Å². The molecule has 2 bridgehead atoms. The van der Waals surface area contributed by atoms with Crippen LogP contribution >= 0.6 is 0 Å². The third-order valence-corrected chi connectivity index (χ3v) is 9.72. The summed E-state index contributed by atoms with van der Waals surface area (Å²) in [4.78, 5) is 13.3. The summed E-state index contributed by atoms with van der Waals surface area (Å²) in [7, 11) is -3.51. The maximum atomic E-state index is 13.3. The van der Waals surface area contributed by atoms with E-state index in [1.807, 2.05) is 18.3 Å². The third kappa shape index (κ3) is 1.52. The molecule has 24 heavy (non-hydrogen) atoms. The van der Waals surface area contributed by atoms with Crippen LogP contribution < -0.4 is 0 Å². The van der Waals surface area contributed by atoms with Crippen molar-refractivity contribution in [2.45, 2.75) is 58.0 Å². The van der Waals surface area contributed by atoms with Crippen molar-refractivity contribution in [2.24, 2.45) is 16.7 Å². The highest BCUT2D eigenvalue weighted by Gasteiger charge is 2.72. The van der Waals surface area contributed by atoms with Crippen molar-refractivity contribution in [1.29, 1.82) is 0 Å². The van der Waals surface area contributed by atoms with E-state index in [9.17, 15) is 13.2 Å². The van der Waals surface area contributed by atoms with E-state index in [4.69, 9.17) is 0 Å². The minimum atomic E-state index is -3.51. The smallest absolute Gasteiger partial charge is 0.245 e. The lowest BCUT2D eigenvalue weighted by molar-refractivity contribution is -0.130. The predicted molar refractivity (Wildman–Crippen MR) is 89.8 cm³/mol. The van der Waals surface area contributed by atoms with Crippen LogP contribution in [0.2, 0.25) is 0 Å². The molecule has 1 unspecified atom stereocenters. The molecule has 1 aromatic rings. The van der Waals surface area contributed by atoms with Gasteiger partial charge in [-0.25, -0.2) is 12.7 Å². The molecule has 6 heteroatoms. The summed E-state index contributed by atoms with van der Waals surface area (Å²) < 4.78 is 29.4. The van der Waals surface area contributed by atoms with Gasteiger partial charge in [0, 0.05) is 23.9 Å². The van der Waals surface area contributed by atoms with E-state index >= 15 is 0 Å². The SMILES string of the molecule is CC1(C)[C@H]2CC[C@@]13CS(=O)(=O)N(C(=O)[C@H]1CCn4cccc41)C3C2. The molecule has 2 aliphatic heterocycles. The lowest BCUT2D eigenvalue weighted by Gasteiger charge is -2.37. The van der Waals surface area contributed by atoms with Crippen molar-refractivity contribution >= 4 is 15.9 Å². The van der Waals surface area contributed by atoms with Crippen LogP contribution in [0.4, 0.5) is 0 Å². The number of rotatable bonds is 1. The van der Waals surface area contributed by atoms with Crippen LogP contribution in [0.3, 0.4) is 0 Å². The summed E-state index contributed by atoms with van der Waals surface area (Å²) in [6.45, 7) is 5.24. The monoisotopic (exact) mass is 348 g/mol. The molecule has 4 atom stereocenters. The van der Waals surface area contributed by atoms with Crippen LogP contribution in [-0.4, -0.2) is 35.0 Å². The normalized spacial score (nSPS) is 40.8. The molecule has 3 heterocycles. The van der Waals surface area contributed by atoms with Crippen LogP contribution in [0.25, 0.3) is 0 Å². The summed E-state index contributed by atoms with van der Waals surface area (Å²) in [5, 5.41) is 0. The Morgan fingerprint density at radius 1 is 1.29 bits per heavy atom. The molecule has 1 aromatic heterocycles. The van der Waals surface area contributed by atoms with Crippen molar-refractivity contribution in [2.75, 3.05) is 5.75 Å². The van der Waals surface area contributed by atoms with E-state index in [0.717, 1.165) is 31.5 Å². The highest BCUT2D eigenvalue weighted by molar-refractivity contribution is 7.90. The van der Waals surface area contributed by atoms with E-state index in [1.165, 1.54) is 4.31 Å². The van der Waals surface area contributed by atoms with E-state index < -0.39 is 10.0 Å². The van der Waals surface area contributed by atoms with Crippen LogP contribution in [0.1, 0.15) is 51.1 Å². The first-order valence-electron chi connectivity index (χ1n) is 8.99. The zero-order valence-electron chi connectivity index (χ0n) is 14.2. The van der Waals surface area contributed by atoms with Crippen LogP contribution in [-0.2, 0) is 21.4 Å². The van der Waals surface area contributed by atoms with Gasteiger partial charge in [0.1, 0.15) is 0 Å². The van der Waals surface area contributed by atoms with Gasteiger partial charge in [-0.05, 0) is 49.1 Å². The molecule has 2 saturated carbocycles. The zero-order valence-corrected chi connectivity index (χ0v) is 15.1. The van der Waals surface area contributed by atoms with E-state index in [2.05, 4.69) is 18.4 Å². The number of aromatic nitrogens is 1. The molecule has 3 fully saturated rings. The third-order valence-electron chi connectivity index (χ3n) is 7.81. The van der Waals surface area contributed by atoms with Crippen molar-refractivity contribution in [3.8, 4) is 0 Å². The summed E-state index contributed by atoms with van der Waals surface area (Å²) in [5.74, 6) is 0.221. The molecule has 4 aliphatic rings. The molecule has 130 valence electrons. The second kappa shape index (κ2) is 4.26. The number of sulfonamides is 1. The predicted octanol–water partition coefficient (Wildman–Crippen LogP) is 2.34. The van der Waals surface area contributed by atoms with Gasteiger partial charge < -0.3 is 4.57 Å². The number of fused-ring (bicyclic) bond motifs is 2. The highest BCUT2D eigenvalue weighted by Crippen LogP contribution is 2.70. The summed E-state index contributed by atoms with van der Waals surface area (Å²) in [6.07, 6.45) is 5.59. The van der Waals surface area contributed by atoms with Gasteiger partial charge in [-0.2, -0.15) is 0 Å². The van der Waals surface area contributed by atoms with E-state index in [-0.39, 0.29) is 34.4 Å². The van der Waals surface area contributed by atoms with Crippen molar-refractivity contribution in [1.82, 2.24) is 8.87 Å². The van der Waals surface area contributed by atoms with E-state index in [0.29, 0.717) is 12.3 Å². The fourth-order valence-corrected chi connectivity index (χ4v) is 8.92. The second-order valence-corrected chi connectivity index (χ2v) is 10.6. The molecular formula is C18H24N2O3S. The average molecular weight is 348 g/mol. The number of nitrogens with zero attached hydrogens (tertiary/aromatic N) is 2. The van der Waals surface area contributed by atoms with Gasteiger partial charge in [-0.1, -0.05) is 13.8 Å². The van der Waals surface area contributed by atoms with Crippen molar-refractivity contribution in [3.05, 3.63) is 24.0 Å². The number of hydrogen-bond acceptors (Lipinski definition) is 3. The maximum absolute atomic E-state index is 13.3. The minimum absolute atomic E-state index is 0.00958. The Morgan fingerprint density at radius 3 is 2.83 bits per heavy atom. The quantitative estimate of drug-likeness (QED) is 0.783. The Balaban J connectivity index is 1.56. The first kappa shape index (κ1) is 15.0. The molecule has 0 aromatic carbocycles. The second-order valence-electron chi connectivity index (χ2n) is 8.72. The Bertz CT molecular complexity index is 840. The van der Waals surface area contributed by atoms with E-state index in [1.54, 1.807) is 0 Å². The van der Waals surface area contributed by atoms with Gasteiger partial charge in [-0.3, -0.25) is 4.79 Å². The zero-order chi connectivity index (χ0) is 16.9. The summed E-state index contributed by atoms with van der Waals surface area (Å²) in [5.41, 5.74) is 0.751. The molecule has 1 spiro atoms. The maximum Gasteiger partial charge on any atom is 0.245 e. The van der Waals surface area contributed by atoms with Crippen molar-refractivity contribution in [3.63, 3.8) is 0 Å². The van der Waals surface area contributed by atoms with Crippen LogP contribution in [0, 0.1) is 16.7 Å². The fraction of sp³-hybridized carbons (Fsp3) is 0.722. The van der Waals surface area contributed by atoms with Gasteiger partial charge in [0.15, 0.2) is 0 Å². The number of carbonyl (C=O) groups is 1. The fourth-order valence-electron chi connectivity index (χ4n) is 6.35. The van der Waals surface area contributed by atoms with Gasteiger partial charge in [0.2, 0.25) is 15.9 Å². The topological polar surface area (TPSA) is 59.4 Å². The number of aryl methyl sites for hydroxylation is 1. The molecular weight excluding hydrogens is 324 g/mol. The first-order valence-corrected chi connectivity index (χ1v) is 10.6. The molecule has 1 saturated heterocycles. The highest BCUT2D eigenvalue weighted by atomic mass is 32.2. The number of amides is 1. The van der Waals surface area contributed by atoms with Crippen LogP contribution in [0.5, 0.6) is 0 Å². The van der Waals surface area contributed by atoms with Gasteiger partial charge in [-0.15, -0.1) is 0 Å². The standard InChI is InChI=1S/C18H24N2O3S/c1-17(2)12-5-7-18(17)11-24(22,23)20(15(18)10-12)16(21)13-6-9-19-8-3-4-14(13)19/h3-4,8,12-13,15H,5-7,9-11H2,1-2H3/t12-,13-,15?,18-/m0/s1. The Morgan fingerprint density at radius 2 is 2.08 bits per heavy atom. The molecule has 5 rings (SSSR count). The Hall–Kier alpha value is -1.30. The largest absolute Gasteiger partial charge is 0.351 e. The first-order chi connectivity index (χ1) is 11.3. The lowest BCUT2D eigenvalue weighted by atomic mass is 9.69. The average Bonchev–Trinajstić information content (AvgIpc) is 3.21. The summed E-state index contributed by atoms with van der Waals surface area (Å²) in [6, 6.07) is 3.78. The number of hydrogen-bond donors (Lipinski definition) is 0. The van der Waals surface area contributed by atoms with Crippen LogP contribution in [0.15, 0.2) is 18.3 Å². The van der Waals surface area contributed by atoms with Crippen molar-refractivity contribution < 1.29 is 13.2 Å². The molecule has 5 nitrogen and oxygen atoms in total. The summed E-state index contributed by atoms with van der Waals surface area (Å²) >= 11 is 0. The molecule has 0 N–H and O–H groups in total.